The second kappa shape index (κ2) is 9.97. The van der Waals surface area contributed by atoms with E-state index in [1.165, 1.54) is 0 Å². The van der Waals surface area contributed by atoms with Crippen LogP contribution in [0.5, 0.6) is 0 Å². The second-order valence-electron chi connectivity index (χ2n) is 5.34. The van der Waals surface area contributed by atoms with Crippen molar-refractivity contribution in [2.24, 2.45) is 0 Å². The molecule has 27 heavy (non-hydrogen) atoms. The molecule has 0 saturated carbocycles. The molecule has 1 saturated heterocycles. The van der Waals surface area contributed by atoms with Gasteiger partial charge in [0.15, 0.2) is 23.9 Å². The number of hydrogen-bond acceptors (Lipinski definition) is 9. The summed E-state index contributed by atoms with van der Waals surface area (Å²) in [7, 11) is 0. The quantitative estimate of drug-likeness (QED) is 0.336. The zero-order valence-corrected chi connectivity index (χ0v) is 17.3. The minimum atomic E-state index is -2.44. The van der Waals surface area contributed by atoms with Crippen LogP contribution in [-0.4, -0.2) is 64.3 Å². The highest BCUT2D eigenvalue weighted by Gasteiger charge is 2.53. The normalized spacial score (nSPS) is 28.0. The van der Waals surface area contributed by atoms with E-state index in [1.807, 2.05) is 0 Å². The molecule has 0 aromatic heterocycles. The van der Waals surface area contributed by atoms with Crippen molar-refractivity contribution >= 4 is 70.3 Å². The number of rotatable bonds is 5. The molecule has 0 amide bonds. The lowest BCUT2D eigenvalue weighted by Crippen LogP contribution is -2.61. The molecule has 1 heterocycles. The van der Waals surface area contributed by atoms with Gasteiger partial charge in [0.25, 0.3) is 3.79 Å². The van der Waals surface area contributed by atoms with Crippen molar-refractivity contribution < 1.29 is 42.9 Å². The molecule has 9 nitrogen and oxygen atoms in total. The number of halogens is 4. The van der Waals surface area contributed by atoms with Crippen LogP contribution in [0.3, 0.4) is 0 Å². The lowest BCUT2D eigenvalue weighted by molar-refractivity contribution is -0.239. The molecule has 0 aromatic rings. The van der Waals surface area contributed by atoms with Crippen LogP contribution in [0, 0.1) is 0 Å². The number of alkyl halides is 4. The van der Waals surface area contributed by atoms with Gasteiger partial charge in [-0.1, -0.05) is 46.4 Å². The molecular weight excluding hydrogens is 454 g/mol. The molecule has 0 radical (unpaired) electrons. The average molecular weight is 470 g/mol. The first-order chi connectivity index (χ1) is 12.3. The highest BCUT2D eigenvalue weighted by molar-refractivity contribution is 6.75. The van der Waals surface area contributed by atoms with Crippen molar-refractivity contribution in [2.45, 2.75) is 54.5 Å². The smallest absolute Gasteiger partial charge is 0.359 e. The predicted molar refractivity (Wildman–Crippen MR) is 92.4 cm³/mol. The van der Waals surface area contributed by atoms with Gasteiger partial charge in [-0.25, -0.2) is 4.79 Å². The molecule has 13 heteroatoms. The predicted octanol–water partition coefficient (Wildman–Crippen LogP) is 1.66. The van der Waals surface area contributed by atoms with Crippen LogP contribution >= 0.6 is 46.4 Å². The van der Waals surface area contributed by atoms with Crippen LogP contribution in [0.25, 0.3) is 0 Å². The van der Waals surface area contributed by atoms with Crippen molar-refractivity contribution in [3.05, 3.63) is 0 Å². The van der Waals surface area contributed by atoms with Gasteiger partial charge in [-0.05, 0) is 0 Å². The van der Waals surface area contributed by atoms with Crippen LogP contribution in [0.2, 0.25) is 0 Å². The maximum absolute atomic E-state index is 11.9. The Balaban J connectivity index is 3.18. The zero-order chi connectivity index (χ0) is 20.9. The summed E-state index contributed by atoms with van der Waals surface area (Å²) in [5.74, 6) is -3.53. The van der Waals surface area contributed by atoms with E-state index in [-0.39, 0.29) is 6.61 Å². The van der Waals surface area contributed by atoms with Crippen LogP contribution in [0.1, 0.15) is 20.8 Å². The Hall–Kier alpha value is -1.00. The Kier molecular flexibility index (Phi) is 8.88. The summed E-state index contributed by atoms with van der Waals surface area (Å²) in [4.78, 5) is 45.9. The van der Waals surface area contributed by atoms with Crippen LogP contribution in [0.4, 0.5) is 0 Å². The zero-order valence-electron chi connectivity index (χ0n) is 14.3. The van der Waals surface area contributed by atoms with Crippen molar-refractivity contribution in [1.82, 2.24) is 0 Å². The van der Waals surface area contributed by atoms with Gasteiger partial charge < -0.3 is 23.7 Å². The number of esters is 4. The Bertz CT molecular complexity index is 592. The van der Waals surface area contributed by atoms with Crippen LogP contribution in [0.15, 0.2) is 0 Å². The van der Waals surface area contributed by atoms with E-state index in [4.69, 9.17) is 70.1 Å². The molecular formula is C14H16Cl4O9. The molecule has 5 atom stereocenters. The van der Waals surface area contributed by atoms with Gasteiger partial charge >= 0.3 is 23.9 Å². The van der Waals surface area contributed by atoms with E-state index in [1.54, 1.807) is 0 Å². The highest BCUT2D eigenvalue weighted by Crippen LogP contribution is 2.34. The Morgan fingerprint density at radius 2 is 1.37 bits per heavy atom. The Morgan fingerprint density at radius 3 is 1.81 bits per heavy atom. The van der Waals surface area contributed by atoms with E-state index in [2.05, 4.69) is 0 Å². The lowest BCUT2D eigenvalue weighted by Gasteiger charge is -2.42. The van der Waals surface area contributed by atoms with Crippen molar-refractivity contribution in [1.29, 1.82) is 0 Å². The summed E-state index contributed by atoms with van der Waals surface area (Å²) in [5.41, 5.74) is -1.40. The molecule has 1 aliphatic heterocycles. The maximum Gasteiger partial charge on any atom is 0.359 e. The standard InChI is InChI=1S/C14H16Cl4O9/c1-5(19)23-4-8-9(24-6(2)20)10(25-7(3)21)11(12(15)26-8)27-13(22)14(16,17)18/h8-12H,4H2,1-3H3/t8-,9-,10+,11-,12+/m1/s1. The number of ether oxygens (including phenoxy) is 5. The molecule has 1 aliphatic rings. The molecule has 154 valence electrons. The minimum absolute atomic E-state index is 0.376. The number of carbonyl (C=O) groups excluding carboxylic acids is 4. The number of hydrogen-bond donors (Lipinski definition) is 0. The molecule has 1 fully saturated rings. The highest BCUT2D eigenvalue weighted by atomic mass is 35.6. The first-order valence-corrected chi connectivity index (χ1v) is 8.95. The van der Waals surface area contributed by atoms with Gasteiger partial charge in [-0.3, -0.25) is 14.4 Å². The largest absolute Gasteiger partial charge is 0.463 e. The van der Waals surface area contributed by atoms with Crippen LogP contribution < -0.4 is 0 Å². The van der Waals surface area contributed by atoms with Gasteiger partial charge in [-0.2, -0.15) is 0 Å². The van der Waals surface area contributed by atoms with Gasteiger partial charge in [0.1, 0.15) is 12.7 Å². The summed E-state index contributed by atoms with van der Waals surface area (Å²) in [6.07, 6.45) is -5.35. The first kappa shape index (κ1) is 24.0. The van der Waals surface area contributed by atoms with E-state index in [0.717, 1.165) is 20.8 Å². The Morgan fingerprint density at radius 1 is 0.852 bits per heavy atom. The van der Waals surface area contributed by atoms with Gasteiger partial charge in [0.2, 0.25) is 0 Å². The summed E-state index contributed by atoms with van der Waals surface area (Å²) in [6.45, 7) is 2.93. The average Bonchev–Trinajstić information content (AvgIpc) is 2.49. The summed E-state index contributed by atoms with van der Waals surface area (Å²) in [5, 5.41) is 0. The summed E-state index contributed by atoms with van der Waals surface area (Å²) < 4.78 is 23.0. The first-order valence-electron chi connectivity index (χ1n) is 7.38. The van der Waals surface area contributed by atoms with E-state index >= 15 is 0 Å². The van der Waals surface area contributed by atoms with Crippen molar-refractivity contribution in [3.63, 3.8) is 0 Å². The third-order valence-electron chi connectivity index (χ3n) is 3.11. The third kappa shape index (κ3) is 7.50. The molecule has 0 aromatic carbocycles. The van der Waals surface area contributed by atoms with E-state index < -0.39 is 57.6 Å². The third-order valence-corrected chi connectivity index (χ3v) is 3.92. The maximum atomic E-state index is 11.9. The lowest BCUT2D eigenvalue weighted by atomic mass is 9.99. The fourth-order valence-electron chi connectivity index (χ4n) is 2.17. The second-order valence-corrected chi connectivity index (χ2v) is 8.06. The fourth-order valence-corrected chi connectivity index (χ4v) is 2.63. The van der Waals surface area contributed by atoms with Crippen molar-refractivity contribution in [3.8, 4) is 0 Å². The summed E-state index contributed by atoms with van der Waals surface area (Å²) in [6, 6.07) is 0. The minimum Gasteiger partial charge on any atom is -0.463 e. The van der Waals surface area contributed by atoms with Gasteiger partial charge in [0.05, 0.1) is 0 Å². The molecule has 0 N–H and O–H groups in total. The van der Waals surface area contributed by atoms with E-state index in [0.29, 0.717) is 0 Å². The van der Waals surface area contributed by atoms with Gasteiger partial charge in [-0.15, -0.1) is 0 Å². The molecule has 0 unspecified atom stereocenters. The Labute approximate surface area is 174 Å². The summed E-state index contributed by atoms with van der Waals surface area (Å²) >= 11 is 22.4. The monoisotopic (exact) mass is 468 g/mol. The van der Waals surface area contributed by atoms with Gasteiger partial charge in [0, 0.05) is 20.8 Å². The molecule has 0 bridgehead atoms. The molecule has 1 rings (SSSR count). The topological polar surface area (TPSA) is 114 Å². The molecule has 0 aliphatic carbocycles. The van der Waals surface area contributed by atoms with E-state index in [9.17, 15) is 19.2 Å². The number of carbonyl (C=O) groups is 4. The van der Waals surface area contributed by atoms with Crippen molar-refractivity contribution in [2.75, 3.05) is 6.61 Å². The molecule has 0 spiro atoms. The fraction of sp³-hybridized carbons (Fsp3) is 0.714. The SMILES string of the molecule is CC(=O)OC[C@H]1O[C@H](Cl)[C@H](OC(=O)C(Cl)(Cl)Cl)[C@@H](OC(C)=O)[C@@H]1OC(C)=O. The van der Waals surface area contributed by atoms with Crippen LogP contribution in [-0.2, 0) is 42.9 Å².